The molecule has 0 spiro atoms. The van der Waals surface area contributed by atoms with Crippen LogP contribution in [0.25, 0.3) is 11.1 Å². The molecule has 0 heterocycles. The van der Waals surface area contributed by atoms with Gasteiger partial charge in [0.15, 0.2) is 0 Å². The van der Waals surface area contributed by atoms with Gasteiger partial charge in [-0.25, -0.2) is 0 Å². The molecule has 0 amide bonds. The maximum absolute atomic E-state index is 2.77. The Morgan fingerprint density at radius 3 is 1.86 bits per heavy atom. The maximum atomic E-state index is 2.67. The van der Waals surface area contributed by atoms with Gasteiger partial charge in [0.05, 0.1) is 0 Å². The minimum Gasteiger partial charge on any atom is -1.00 e. The molecule has 0 aliphatic heterocycles. The van der Waals surface area contributed by atoms with Crippen LogP contribution >= 0.6 is 0 Å². The predicted octanol–water partition coefficient (Wildman–Crippen LogP) is 3.45. The Balaban J connectivity index is 0.00000202. The molecule has 1 atom stereocenters. The average Bonchev–Trinajstić information content (AvgIpc) is 3.55. The summed E-state index contributed by atoms with van der Waals surface area (Å²) in [5.41, 5.74) is 12.1. The van der Waals surface area contributed by atoms with Gasteiger partial charge in [0.2, 0.25) is 0 Å². The Bertz CT molecular complexity index is 1610. The molecule has 1 unspecified atom stereocenters. The van der Waals surface area contributed by atoms with Crippen molar-refractivity contribution >= 4 is 6.48 Å². The second-order valence-electron chi connectivity index (χ2n) is 12.2. The van der Waals surface area contributed by atoms with Gasteiger partial charge < -0.3 is 24.8 Å². The molecule has 42 heavy (non-hydrogen) atoms. The summed E-state index contributed by atoms with van der Waals surface area (Å²) >= 11 is -2.77. The van der Waals surface area contributed by atoms with Gasteiger partial charge >= 0.3 is 250 Å². The predicted molar refractivity (Wildman–Crippen MR) is 169 cm³/mol. The number of hydrogen-bond acceptors (Lipinski definition) is 0. The van der Waals surface area contributed by atoms with Gasteiger partial charge in [-0.1, -0.05) is 0 Å². The van der Waals surface area contributed by atoms with E-state index in [1.165, 1.54) is 27.8 Å². The van der Waals surface area contributed by atoms with E-state index in [1.807, 2.05) is 3.28 Å². The first kappa shape index (κ1) is 32.6. The fourth-order valence-electron chi connectivity index (χ4n) is 6.97. The Morgan fingerprint density at radius 1 is 0.714 bits per heavy atom. The van der Waals surface area contributed by atoms with Crippen molar-refractivity contribution < 1.29 is 46.1 Å². The molecule has 0 nitrogen and oxygen atoms in total. The molecule has 4 aromatic carbocycles. The zero-order valence-electron chi connectivity index (χ0n) is 25.3. The first-order valence-electron chi connectivity index (χ1n) is 14.9. The number of hydrogen-bond donors (Lipinski definition) is 0. The van der Waals surface area contributed by atoms with Crippen molar-refractivity contribution in [3.63, 3.8) is 0 Å². The van der Waals surface area contributed by atoms with E-state index in [0.29, 0.717) is 5.92 Å². The van der Waals surface area contributed by atoms with Crippen molar-refractivity contribution in [1.29, 1.82) is 0 Å². The Labute approximate surface area is 273 Å². The number of allylic oxidation sites excluding steroid dienone is 4. The molecule has 0 radical (unpaired) electrons. The third-order valence-corrected chi connectivity index (χ3v) is 16.9. The summed E-state index contributed by atoms with van der Waals surface area (Å²) in [5.74, 6) is 0.514. The van der Waals surface area contributed by atoms with Crippen LogP contribution in [0.15, 0.2) is 124 Å². The summed E-state index contributed by atoms with van der Waals surface area (Å²) in [5, 5.41) is 0. The van der Waals surface area contributed by atoms with Crippen LogP contribution in [0.2, 0.25) is 0 Å². The van der Waals surface area contributed by atoms with Crippen LogP contribution in [0.4, 0.5) is 0 Å². The fraction of sp³-hybridized carbons (Fsp3) is 0.256. The van der Waals surface area contributed by atoms with Crippen molar-refractivity contribution in [2.75, 3.05) is 0 Å². The molecular formula is C39H40Cl2Zr. The molecule has 214 valence electrons. The molecular weight excluding hydrogens is 631 g/mol. The normalized spacial score (nSPS) is 15.0. The first-order valence-corrected chi connectivity index (χ1v) is 18.6. The zero-order valence-corrected chi connectivity index (χ0v) is 29.3. The van der Waals surface area contributed by atoms with Crippen molar-refractivity contribution in [1.82, 2.24) is 0 Å². The largest absolute Gasteiger partial charge is 1.00 e. The second kappa shape index (κ2) is 13.6. The van der Waals surface area contributed by atoms with Gasteiger partial charge in [-0.05, 0) is 0 Å². The molecule has 0 saturated heterocycles. The number of rotatable bonds is 6. The molecule has 6 rings (SSSR count). The molecule has 4 aromatic rings. The number of halogens is 2. The second-order valence-corrected chi connectivity index (χ2v) is 18.0. The minimum absolute atomic E-state index is 0. The van der Waals surface area contributed by atoms with E-state index in [0.717, 1.165) is 19.3 Å². The zero-order chi connectivity index (χ0) is 27.9. The third kappa shape index (κ3) is 5.91. The molecule has 0 bridgehead atoms. The van der Waals surface area contributed by atoms with E-state index in [4.69, 9.17) is 0 Å². The van der Waals surface area contributed by atoms with E-state index < -0.39 is 21.3 Å². The Morgan fingerprint density at radius 2 is 1.29 bits per heavy atom. The van der Waals surface area contributed by atoms with Crippen LogP contribution < -0.4 is 28.1 Å². The summed E-state index contributed by atoms with van der Waals surface area (Å²) in [4.78, 5) is 0. The van der Waals surface area contributed by atoms with Crippen LogP contribution in [0.1, 0.15) is 69.7 Å². The van der Waals surface area contributed by atoms with E-state index >= 15 is 0 Å². The summed E-state index contributed by atoms with van der Waals surface area (Å²) in [6.07, 6.45) is 5.98. The van der Waals surface area contributed by atoms with Gasteiger partial charge in [0.25, 0.3) is 0 Å². The standard InChI is InChI=1S/C13H9.C13H10.C13H21.2ClH.Zr/c1-3-7-12-10(5-1)9-11-6-2-4-8-13(11)12;1-3-7-12(8-4-1)11-13-9-5-2-6-10-13;1-6-10-8-11(7-2)12(9-10)13(3,4)5;;;/h1-5,7-8H,9H2;1-10H;9-10H,6-7H2,1-5H3;2*1H;/q;;;;;+2/p-2. The molecule has 2 aliphatic rings. The van der Waals surface area contributed by atoms with E-state index in [9.17, 15) is 0 Å². The summed E-state index contributed by atoms with van der Waals surface area (Å²) in [7, 11) is 0. The van der Waals surface area contributed by atoms with Crippen LogP contribution in [-0.4, -0.2) is 3.21 Å². The van der Waals surface area contributed by atoms with Gasteiger partial charge in [-0.2, -0.15) is 0 Å². The average molecular weight is 671 g/mol. The van der Waals surface area contributed by atoms with Crippen LogP contribution in [0.3, 0.4) is 0 Å². The Kier molecular flexibility index (Phi) is 10.5. The van der Waals surface area contributed by atoms with Crippen molar-refractivity contribution in [3.05, 3.63) is 146 Å². The van der Waals surface area contributed by atoms with Gasteiger partial charge in [-0.15, -0.1) is 0 Å². The summed E-state index contributed by atoms with van der Waals surface area (Å²) < 4.78 is 5.10. The van der Waals surface area contributed by atoms with Crippen LogP contribution in [-0.2, 0) is 27.7 Å². The van der Waals surface area contributed by atoms with E-state index in [1.54, 1.807) is 23.2 Å². The molecule has 2 aliphatic carbocycles. The topological polar surface area (TPSA) is 0 Å². The summed E-state index contributed by atoms with van der Waals surface area (Å²) in [6.45, 7) is 12.0. The van der Waals surface area contributed by atoms with Crippen molar-refractivity contribution in [3.8, 4) is 11.1 Å². The van der Waals surface area contributed by atoms with E-state index in [2.05, 4.69) is 144 Å². The fourth-order valence-corrected chi connectivity index (χ4v) is 16.3. The van der Waals surface area contributed by atoms with Gasteiger partial charge in [-0.3, -0.25) is 0 Å². The van der Waals surface area contributed by atoms with Crippen molar-refractivity contribution in [2.45, 2.75) is 53.9 Å². The molecule has 3 heteroatoms. The maximum Gasteiger partial charge on any atom is -1.00 e. The first-order chi connectivity index (χ1) is 19.4. The molecule has 0 saturated carbocycles. The number of benzene rings is 4. The third-order valence-electron chi connectivity index (χ3n) is 8.75. The van der Waals surface area contributed by atoms with Gasteiger partial charge in [0, 0.05) is 0 Å². The monoisotopic (exact) mass is 668 g/mol. The number of fused-ring (bicyclic) bond motifs is 3. The smallest absolute Gasteiger partial charge is 1.00 e. The molecule has 0 fully saturated rings. The molecule has 0 N–H and O–H groups in total. The van der Waals surface area contributed by atoms with E-state index in [-0.39, 0.29) is 30.2 Å². The SMILES string of the molecule is CCC1=[C]([Zr+2](=[C](c2ccccc2)c2ccccc2)[c]2cccc3c2Cc2ccccc2-3)C(CC)C=C1C(C)(C)C.[Cl-].[Cl-]. The molecule has 0 aromatic heterocycles. The summed E-state index contributed by atoms with van der Waals surface area (Å²) in [6, 6.07) is 39.0. The Hall–Kier alpha value is -2.31. The van der Waals surface area contributed by atoms with Crippen LogP contribution in [0, 0.1) is 11.3 Å². The quantitative estimate of drug-likeness (QED) is 0.260. The van der Waals surface area contributed by atoms with Crippen molar-refractivity contribution in [2.24, 2.45) is 11.3 Å². The minimum atomic E-state index is -2.77. The van der Waals surface area contributed by atoms with Gasteiger partial charge in [0.1, 0.15) is 0 Å². The van der Waals surface area contributed by atoms with Crippen LogP contribution in [0.5, 0.6) is 0 Å².